The van der Waals surface area contributed by atoms with E-state index in [1.165, 1.54) is 13.4 Å². The van der Waals surface area contributed by atoms with Crippen molar-refractivity contribution in [2.24, 2.45) is 0 Å². The number of nitro groups is 1. The zero-order chi connectivity index (χ0) is 19.4. The van der Waals surface area contributed by atoms with Gasteiger partial charge in [0.2, 0.25) is 11.6 Å². The third-order valence-electron chi connectivity index (χ3n) is 3.85. The standard InChI is InChI=1S/C19H19N5O3/c1-12-8-13(2)10-14(9-12)22-18-17(24(25)26)19(21-11-20-18)23-15-6-4-5-7-16(15)27-3/h4-11H,1-3H3,(H2,20,21,22,23). The molecule has 0 saturated carbocycles. The molecule has 27 heavy (non-hydrogen) atoms. The number of hydrogen-bond donors (Lipinski definition) is 2. The van der Waals surface area contributed by atoms with Crippen molar-refractivity contribution < 1.29 is 9.66 Å². The average Bonchev–Trinajstić information content (AvgIpc) is 2.61. The number of benzene rings is 2. The first-order chi connectivity index (χ1) is 13.0. The van der Waals surface area contributed by atoms with Crippen LogP contribution in [0.3, 0.4) is 0 Å². The smallest absolute Gasteiger partial charge is 0.353 e. The van der Waals surface area contributed by atoms with Crippen molar-refractivity contribution in [3.05, 3.63) is 70.0 Å². The number of para-hydroxylation sites is 2. The van der Waals surface area contributed by atoms with Crippen molar-refractivity contribution in [2.75, 3.05) is 17.7 Å². The Morgan fingerprint density at radius 3 is 2.26 bits per heavy atom. The first-order valence-electron chi connectivity index (χ1n) is 8.22. The van der Waals surface area contributed by atoms with Crippen molar-refractivity contribution >= 4 is 28.7 Å². The van der Waals surface area contributed by atoms with Crippen LogP contribution in [-0.4, -0.2) is 22.0 Å². The van der Waals surface area contributed by atoms with E-state index in [4.69, 9.17) is 4.74 Å². The Kier molecular flexibility index (Phi) is 5.16. The molecule has 0 aliphatic rings. The van der Waals surface area contributed by atoms with E-state index in [0.29, 0.717) is 11.4 Å². The molecule has 2 N–H and O–H groups in total. The van der Waals surface area contributed by atoms with Gasteiger partial charge in [-0.1, -0.05) is 18.2 Å². The maximum atomic E-state index is 11.7. The Morgan fingerprint density at radius 2 is 1.63 bits per heavy atom. The fourth-order valence-corrected chi connectivity index (χ4v) is 2.79. The first-order valence-corrected chi connectivity index (χ1v) is 8.22. The number of hydrogen-bond acceptors (Lipinski definition) is 7. The highest BCUT2D eigenvalue weighted by Crippen LogP contribution is 2.35. The number of nitrogens with one attached hydrogen (secondary N) is 2. The van der Waals surface area contributed by atoms with E-state index >= 15 is 0 Å². The zero-order valence-corrected chi connectivity index (χ0v) is 15.2. The Labute approximate surface area is 156 Å². The number of ether oxygens (including phenoxy) is 1. The molecule has 138 valence electrons. The SMILES string of the molecule is COc1ccccc1Nc1ncnc(Nc2cc(C)cc(C)c2)c1[N+](=O)[O-]. The molecule has 0 aliphatic heterocycles. The summed E-state index contributed by atoms with van der Waals surface area (Å²) in [6.07, 6.45) is 1.27. The van der Waals surface area contributed by atoms with E-state index in [1.807, 2.05) is 38.1 Å². The largest absolute Gasteiger partial charge is 0.495 e. The molecule has 2 aromatic carbocycles. The molecule has 0 spiro atoms. The van der Waals surface area contributed by atoms with E-state index < -0.39 is 4.92 Å². The van der Waals surface area contributed by atoms with Crippen LogP contribution in [0, 0.1) is 24.0 Å². The summed E-state index contributed by atoms with van der Waals surface area (Å²) in [6.45, 7) is 3.92. The van der Waals surface area contributed by atoms with Crippen LogP contribution in [0.15, 0.2) is 48.8 Å². The second kappa shape index (κ2) is 7.69. The second-order valence-corrected chi connectivity index (χ2v) is 6.00. The van der Waals surface area contributed by atoms with E-state index in [9.17, 15) is 10.1 Å². The molecule has 8 nitrogen and oxygen atoms in total. The van der Waals surface area contributed by atoms with Crippen LogP contribution in [0.25, 0.3) is 0 Å². The third-order valence-corrected chi connectivity index (χ3v) is 3.85. The molecule has 1 aromatic heterocycles. The molecule has 0 radical (unpaired) electrons. The molecule has 0 aliphatic carbocycles. The van der Waals surface area contributed by atoms with Gasteiger partial charge in [-0.2, -0.15) is 0 Å². The molecule has 0 saturated heterocycles. The zero-order valence-electron chi connectivity index (χ0n) is 15.2. The summed E-state index contributed by atoms with van der Waals surface area (Å²) in [5.74, 6) is 0.734. The fraction of sp³-hybridized carbons (Fsp3) is 0.158. The summed E-state index contributed by atoms with van der Waals surface area (Å²) in [5, 5.41) is 17.7. The van der Waals surface area contributed by atoms with Gasteiger partial charge in [0.15, 0.2) is 0 Å². The molecular formula is C19H19N5O3. The molecule has 3 rings (SSSR count). The molecule has 0 unspecified atom stereocenters. The Balaban J connectivity index is 2.01. The second-order valence-electron chi connectivity index (χ2n) is 6.00. The quantitative estimate of drug-likeness (QED) is 0.490. The van der Waals surface area contributed by atoms with Gasteiger partial charge in [0, 0.05) is 5.69 Å². The molecular weight excluding hydrogens is 346 g/mol. The van der Waals surface area contributed by atoms with E-state index in [1.54, 1.807) is 18.2 Å². The summed E-state index contributed by atoms with van der Waals surface area (Å²) in [4.78, 5) is 19.3. The van der Waals surface area contributed by atoms with Gasteiger partial charge in [0.05, 0.1) is 17.7 Å². The highest BCUT2D eigenvalue weighted by Gasteiger charge is 2.24. The molecule has 0 bridgehead atoms. The van der Waals surface area contributed by atoms with E-state index in [0.717, 1.165) is 16.8 Å². The number of rotatable bonds is 6. The number of aromatic nitrogens is 2. The Morgan fingerprint density at radius 1 is 1.00 bits per heavy atom. The van der Waals surface area contributed by atoms with Gasteiger partial charge in [0.25, 0.3) is 0 Å². The van der Waals surface area contributed by atoms with Gasteiger partial charge < -0.3 is 15.4 Å². The van der Waals surface area contributed by atoms with Crippen LogP contribution >= 0.6 is 0 Å². The number of anilines is 4. The van der Waals surface area contributed by atoms with Crippen LogP contribution in [0.4, 0.5) is 28.7 Å². The van der Waals surface area contributed by atoms with Crippen LogP contribution in [0.1, 0.15) is 11.1 Å². The topological polar surface area (TPSA) is 102 Å². The predicted octanol–water partition coefficient (Wildman–Crippen LogP) is 4.50. The van der Waals surface area contributed by atoms with Crippen molar-refractivity contribution in [1.82, 2.24) is 9.97 Å². The Hall–Kier alpha value is -3.68. The lowest BCUT2D eigenvalue weighted by molar-refractivity contribution is -0.383. The number of aryl methyl sites for hydroxylation is 2. The van der Waals surface area contributed by atoms with Crippen LogP contribution in [-0.2, 0) is 0 Å². The highest BCUT2D eigenvalue weighted by atomic mass is 16.6. The van der Waals surface area contributed by atoms with Crippen LogP contribution < -0.4 is 15.4 Å². The summed E-state index contributed by atoms with van der Waals surface area (Å²) < 4.78 is 5.28. The minimum atomic E-state index is -0.511. The van der Waals surface area contributed by atoms with Crippen LogP contribution in [0.5, 0.6) is 5.75 Å². The van der Waals surface area contributed by atoms with Crippen molar-refractivity contribution in [3.63, 3.8) is 0 Å². The lowest BCUT2D eigenvalue weighted by atomic mass is 10.1. The molecule has 3 aromatic rings. The van der Waals surface area contributed by atoms with Crippen molar-refractivity contribution in [2.45, 2.75) is 13.8 Å². The molecule has 0 fully saturated rings. The van der Waals surface area contributed by atoms with Crippen LogP contribution in [0.2, 0.25) is 0 Å². The average molecular weight is 365 g/mol. The van der Waals surface area contributed by atoms with Gasteiger partial charge in [-0.25, -0.2) is 9.97 Å². The normalized spacial score (nSPS) is 10.3. The lowest BCUT2D eigenvalue weighted by Crippen LogP contribution is -2.06. The van der Waals surface area contributed by atoms with Gasteiger partial charge in [-0.05, 0) is 49.2 Å². The lowest BCUT2D eigenvalue weighted by Gasteiger charge is -2.12. The highest BCUT2D eigenvalue weighted by molar-refractivity contribution is 5.78. The van der Waals surface area contributed by atoms with Crippen molar-refractivity contribution in [3.8, 4) is 5.75 Å². The minimum absolute atomic E-state index is 0.0753. The summed E-state index contributed by atoms with van der Waals surface area (Å²) in [5.41, 5.74) is 3.13. The van der Waals surface area contributed by atoms with E-state index in [2.05, 4.69) is 20.6 Å². The number of nitrogens with zero attached hydrogens (tertiary/aromatic N) is 3. The molecule has 8 heteroatoms. The summed E-state index contributed by atoms with van der Waals surface area (Å²) in [7, 11) is 1.53. The maximum Gasteiger partial charge on any atom is 0.353 e. The van der Waals surface area contributed by atoms with Gasteiger partial charge in [-0.15, -0.1) is 0 Å². The minimum Gasteiger partial charge on any atom is -0.495 e. The number of methoxy groups -OCH3 is 1. The fourth-order valence-electron chi connectivity index (χ4n) is 2.79. The molecule has 1 heterocycles. The monoisotopic (exact) mass is 365 g/mol. The molecule has 0 amide bonds. The predicted molar refractivity (Wildman–Crippen MR) is 104 cm³/mol. The van der Waals surface area contributed by atoms with Gasteiger partial charge >= 0.3 is 5.69 Å². The third kappa shape index (κ3) is 4.12. The van der Waals surface area contributed by atoms with Crippen molar-refractivity contribution in [1.29, 1.82) is 0 Å². The maximum absolute atomic E-state index is 11.7. The van der Waals surface area contributed by atoms with Gasteiger partial charge in [0.1, 0.15) is 12.1 Å². The van der Waals surface area contributed by atoms with Gasteiger partial charge in [-0.3, -0.25) is 10.1 Å². The molecule has 0 atom stereocenters. The summed E-state index contributed by atoms with van der Waals surface area (Å²) >= 11 is 0. The Bertz CT molecular complexity index is 971. The summed E-state index contributed by atoms with van der Waals surface area (Å²) in [6, 6.07) is 12.9. The van der Waals surface area contributed by atoms with E-state index in [-0.39, 0.29) is 17.3 Å². The first kappa shape index (κ1) is 18.1.